The molecule has 0 saturated carbocycles. The molecule has 0 heterocycles. The monoisotopic (exact) mass is 213 g/mol. The summed E-state index contributed by atoms with van der Waals surface area (Å²) < 4.78 is 4.86. The summed E-state index contributed by atoms with van der Waals surface area (Å²) in [7, 11) is 1.63. The normalized spacial score (nSPS) is 10.0. The summed E-state index contributed by atoms with van der Waals surface area (Å²) in [5.74, 6) is -0.0387. The fraction of sp³-hybridized carbons (Fsp3) is 0.800. The zero-order valence-electron chi connectivity index (χ0n) is 9.45. The zero-order valence-corrected chi connectivity index (χ0v) is 9.45. The molecular formula is C10H19N3O2. The van der Waals surface area contributed by atoms with Crippen LogP contribution in [-0.2, 0) is 9.53 Å². The van der Waals surface area contributed by atoms with Crippen molar-refractivity contribution < 1.29 is 9.53 Å². The lowest BCUT2D eigenvalue weighted by Gasteiger charge is -2.15. The summed E-state index contributed by atoms with van der Waals surface area (Å²) in [5.41, 5.74) is 0. The minimum absolute atomic E-state index is 0.0387. The Kier molecular flexibility index (Phi) is 8.73. The van der Waals surface area contributed by atoms with E-state index in [1.807, 2.05) is 13.0 Å². The summed E-state index contributed by atoms with van der Waals surface area (Å²) in [6.07, 6.45) is 0.812. The Hall–Kier alpha value is -1.12. The first-order chi connectivity index (χ1) is 7.24. The van der Waals surface area contributed by atoms with E-state index in [0.717, 1.165) is 6.42 Å². The lowest BCUT2D eigenvalue weighted by molar-refractivity contribution is -0.122. The summed E-state index contributed by atoms with van der Waals surface area (Å²) in [6.45, 7) is 4.49. The number of hydrogen-bond acceptors (Lipinski definition) is 4. The second-order valence-corrected chi connectivity index (χ2v) is 3.16. The highest BCUT2D eigenvalue weighted by Gasteiger charge is 2.07. The predicted molar refractivity (Wildman–Crippen MR) is 57.2 cm³/mol. The van der Waals surface area contributed by atoms with Crippen molar-refractivity contribution in [2.24, 2.45) is 0 Å². The van der Waals surface area contributed by atoms with E-state index < -0.39 is 0 Å². The van der Waals surface area contributed by atoms with E-state index in [-0.39, 0.29) is 12.5 Å². The number of hydrogen-bond donors (Lipinski definition) is 1. The smallest absolute Gasteiger partial charge is 0.234 e. The number of likely N-dealkylation sites (N-methyl/N-ethyl adjacent to an activating group) is 1. The van der Waals surface area contributed by atoms with Crippen LogP contribution in [0.2, 0.25) is 0 Å². The van der Waals surface area contributed by atoms with Gasteiger partial charge in [-0.3, -0.25) is 9.69 Å². The summed E-state index contributed by atoms with van der Waals surface area (Å²) >= 11 is 0. The average Bonchev–Trinajstić information content (AvgIpc) is 2.24. The van der Waals surface area contributed by atoms with Crippen molar-refractivity contribution in [1.29, 1.82) is 5.26 Å². The summed E-state index contributed by atoms with van der Waals surface area (Å²) in [5, 5.41) is 11.3. The van der Waals surface area contributed by atoms with Crippen LogP contribution in [0.3, 0.4) is 0 Å². The molecule has 86 valence electrons. The third kappa shape index (κ3) is 7.91. The topological polar surface area (TPSA) is 65.4 Å². The summed E-state index contributed by atoms with van der Waals surface area (Å²) in [4.78, 5) is 13.1. The third-order valence-electron chi connectivity index (χ3n) is 1.96. The van der Waals surface area contributed by atoms with Crippen LogP contribution in [0.4, 0.5) is 0 Å². The molecule has 0 saturated heterocycles. The first-order valence-electron chi connectivity index (χ1n) is 5.09. The van der Waals surface area contributed by atoms with Gasteiger partial charge in [0.15, 0.2) is 0 Å². The van der Waals surface area contributed by atoms with Crippen LogP contribution in [0.5, 0.6) is 0 Å². The maximum absolute atomic E-state index is 11.3. The van der Waals surface area contributed by atoms with Crippen molar-refractivity contribution in [1.82, 2.24) is 10.2 Å². The van der Waals surface area contributed by atoms with Crippen molar-refractivity contribution in [3.05, 3.63) is 0 Å². The minimum Gasteiger partial charge on any atom is -0.385 e. The molecule has 1 amide bonds. The van der Waals surface area contributed by atoms with Crippen LogP contribution in [0, 0.1) is 11.3 Å². The van der Waals surface area contributed by atoms with E-state index in [1.54, 1.807) is 12.0 Å². The van der Waals surface area contributed by atoms with E-state index in [2.05, 4.69) is 5.32 Å². The molecule has 0 spiro atoms. The third-order valence-corrected chi connectivity index (χ3v) is 1.96. The van der Waals surface area contributed by atoms with Crippen LogP contribution < -0.4 is 5.32 Å². The van der Waals surface area contributed by atoms with Gasteiger partial charge in [0.25, 0.3) is 0 Å². The Morgan fingerprint density at radius 2 is 2.33 bits per heavy atom. The SMILES string of the molecule is CCN(CC#N)CC(=O)NCCCOC. The molecule has 1 N–H and O–H groups in total. The van der Waals surface area contributed by atoms with Crippen LogP contribution in [-0.4, -0.2) is 50.7 Å². The van der Waals surface area contributed by atoms with Crippen LogP contribution in [0.25, 0.3) is 0 Å². The van der Waals surface area contributed by atoms with Gasteiger partial charge in [0.1, 0.15) is 0 Å². The molecule has 0 aromatic heterocycles. The molecule has 15 heavy (non-hydrogen) atoms. The highest BCUT2D eigenvalue weighted by atomic mass is 16.5. The minimum atomic E-state index is -0.0387. The lowest BCUT2D eigenvalue weighted by Crippen LogP contribution is -2.37. The first-order valence-corrected chi connectivity index (χ1v) is 5.09. The number of ether oxygens (including phenoxy) is 1. The Bertz CT molecular complexity index is 213. The van der Waals surface area contributed by atoms with Gasteiger partial charge in [-0.15, -0.1) is 0 Å². The van der Waals surface area contributed by atoms with Gasteiger partial charge in [-0.05, 0) is 13.0 Å². The van der Waals surface area contributed by atoms with Gasteiger partial charge in [0.2, 0.25) is 5.91 Å². The van der Waals surface area contributed by atoms with Gasteiger partial charge in [-0.25, -0.2) is 0 Å². The van der Waals surface area contributed by atoms with Crippen LogP contribution in [0.1, 0.15) is 13.3 Å². The predicted octanol–water partition coefficient (Wildman–Crippen LogP) is -0.0154. The number of amides is 1. The quantitative estimate of drug-likeness (QED) is 0.455. The van der Waals surface area contributed by atoms with E-state index >= 15 is 0 Å². The van der Waals surface area contributed by atoms with E-state index in [4.69, 9.17) is 10.00 Å². The molecule has 0 fully saturated rings. The lowest BCUT2D eigenvalue weighted by atomic mass is 10.4. The molecule has 0 rings (SSSR count). The van der Waals surface area contributed by atoms with Gasteiger partial charge in [0.05, 0.1) is 19.2 Å². The van der Waals surface area contributed by atoms with Gasteiger partial charge >= 0.3 is 0 Å². The Morgan fingerprint density at radius 1 is 1.60 bits per heavy atom. The largest absolute Gasteiger partial charge is 0.385 e. The molecule has 0 aliphatic rings. The number of nitrogens with one attached hydrogen (secondary N) is 1. The molecule has 0 aliphatic carbocycles. The Labute approximate surface area is 91.0 Å². The van der Waals surface area contributed by atoms with E-state index in [9.17, 15) is 4.79 Å². The Balaban J connectivity index is 3.58. The van der Waals surface area contributed by atoms with Crippen molar-refractivity contribution >= 4 is 5.91 Å². The molecular weight excluding hydrogens is 194 g/mol. The van der Waals surface area contributed by atoms with Gasteiger partial charge < -0.3 is 10.1 Å². The number of carbonyl (C=O) groups is 1. The van der Waals surface area contributed by atoms with Crippen molar-refractivity contribution in [3.8, 4) is 6.07 Å². The number of carbonyl (C=O) groups excluding carboxylic acids is 1. The van der Waals surface area contributed by atoms with Crippen LogP contribution in [0.15, 0.2) is 0 Å². The van der Waals surface area contributed by atoms with Gasteiger partial charge in [0, 0.05) is 20.3 Å². The molecule has 0 radical (unpaired) electrons. The molecule has 0 bridgehead atoms. The summed E-state index contributed by atoms with van der Waals surface area (Å²) in [6, 6.07) is 2.03. The molecule has 5 nitrogen and oxygen atoms in total. The first kappa shape index (κ1) is 13.9. The highest BCUT2D eigenvalue weighted by Crippen LogP contribution is 1.86. The fourth-order valence-corrected chi connectivity index (χ4v) is 1.08. The van der Waals surface area contributed by atoms with Crippen LogP contribution >= 0.6 is 0 Å². The molecule has 0 unspecified atom stereocenters. The van der Waals surface area contributed by atoms with E-state index in [1.165, 1.54) is 0 Å². The van der Waals surface area contributed by atoms with Crippen molar-refractivity contribution in [2.75, 3.05) is 39.9 Å². The molecule has 5 heteroatoms. The van der Waals surface area contributed by atoms with E-state index in [0.29, 0.717) is 26.2 Å². The maximum Gasteiger partial charge on any atom is 0.234 e. The zero-order chi connectivity index (χ0) is 11.5. The van der Waals surface area contributed by atoms with Crippen molar-refractivity contribution in [3.63, 3.8) is 0 Å². The molecule has 0 aromatic carbocycles. The van der Waals surface area contributed by atoms with Crippen molar-refractivity contribution in [2.45, 2.75) is 13.3 Å². The number of rotatable bonds is 8. The second-order valence-electron chi connectivity index (χ2n) is 3.16. The number of nitriles is 1. The maximum atomic E-state index is 11.3. The number of nitrogens with zero attached hydrogens (tertiary/aromatic N) is 2. The Morgan fingerprint density at radius 3 is 2.87 bits per heavy atom. The van der Waals surface area contributed by atoms with Gasteiger partial charge in [-0.1, -0.05) is 6.92 Å². The average molecular weight is 213 g/mol. The number of methoxy groups -OCH3 is 1. The standard InChI is InChI=1S/C10H19N3O2/c1-3-13(7-5-11)9-10(14)12-6-4-8-15-2/h3-4,6-9H2,1-2H3,(H,12,14). The second kappa shape index (κ2) is 9.44. The molecule has 0 atom stereocenters. The highest BCUT2D eigenvalue weighted by molar-refractivity contribution is 5.77. The molecule has 0 aliphatic heterocycles. The van der Waals surface area contributed by atoms with Gasteiger partial charge in [-0.2, -0.15) is 5.26 Å². The fourth-order valence-electron chi connectivity index (χ4n) is 1.08. The molecule has 0 aromatic rings.